The highest BCUT2D eigenvalue weighted by atomic mass is 32.2. The van der Waals surface area contributed by atoms with Crippen molar-refractivity contribution >= 4 is 39.6 Å². The summed E-state index contributed by atoms with van der Waals surface area (Å²) in [6.07, 6.45) is 0. The van der Waals surface area contributed by atoms with Crippen molar-refractivity contribution in [2.75, 3.05) is 4.90 Å². The number of nitrogens with zero attached hydrogens (tertiary/aromatic N) is 1. The van der Waals surface area contributed by atoms with Crippen molar-refractivity contribution in [3.05, 3.63) is 317 Å². The van der Waals surface area contributed by atoms with E-state index in [4.69, 9.17) is 4.74 Å². The van der Waals surface area contributed by atoms with Crippen molar-refractivity contribution in [2.24, 2.45) is 0 Å². The van der Waals surface area contributed by atoms with Gasteiger partial charge in [0.1, 0.15) is 11.5 Å². The van der Waals surface area contributed by atoms with Gasteiger partial charge in [0, 0.05) is 37.7 Å². The Kier molecular flexibility index (Phi) is 9.14. The number of para-hydroxylation sites is 3. The Hall–Kier alpha value is -9.15. The van der Waals surface area contributed by atoms with Gasteiger partial charge in [0.2, 0.25) is 0 Å². The monoisotopic (exact) mass is 971 g/mol. The molecule has 0 amide bonds. The van der Waals surface area contributed by atoms with E-state index in [9.17, 15) is 0 Å². The Labute approximate surface area is 440 Å². The molecule has 350 valence electrons. The van der Waals surface area contributed by atoms with Crippen LogP contribution in [0.3, 0.4) is 0 Å². The Bertz CT molecular complexity index is 4280. The van der Waals surface area contributed by atoms with Crippen LogP contribution in [0.4, 0.5) is 17.1 Å². The van der Waals surface area contributed by atoms with E-state index in [0.29, 0.717) is 0 Å². The minimum absolute atomic E-state index is 0.583. The van der Waals surface area contributed by atoms with Gasteiger partial charge in [0.25, 0.3) is 0 Å². The van der Waals surface area contributed by atoms with E-state index < -0.39 is 10.8 Å². The molecule has 0 saturated carbocycles. The lowest BCUT2D eigenvalue weighted by Gasteiger charge is -2.40. The van der Waals surface area contributed by atoms with Crippen LogP contribution in [0.15, 0.2) is 283 Å². The molecule has 2 heterocycles. The molecule has 16 rings (SSSR count). The van der Waals surface area contributed by atoms with Gasteiger partial charge in [-0.1, -0.05) is 230 Å². The van der Waals surface area contributed by atoms with Crippen LogP contribution in [0, 0.1) is 0 Å². The van der Waals surface area contributed by atoms with E-state index in [2.05, 4.69) is 278 Å². The molecule has 1 atom stereocenters. The Morgan fingerprint density at radius 3 is 1.57 bits per heavy atom. The molecule has 2 spiro atoms. The highest BCUT2D eigenvalue weighted by molar-refractivity contribution is 7.99. The van der Waals surface area contributed by atoms with Crippen LogP contribution in [0.5, 0.6) is 11.5 Å². The van der Waals surface area contributed by atoms with Crippen molar-refractivity contribution in [1.82, 2.24) is 0 Å². The van der Waals surface area contributed by atoms with Crippen molar-refractivity contribution < 1.29 is 4.74 Å². The quantitative estimate of drug-likeness (QED) is 0.171. The molecule has 0 radical (unpaired) electrons. The summed E-state index contributed by atoms with van der Waals surface area (Å²) in [5.74, 6) is 1.76. The minimum Gasteiger partial charge on any atom is -0.457 e. The van der Waals surface area contributed by atoms with E-state index in [1.807, 2.05) is 11.8 Å². The van der Waals surface area contributed by atoms with Crippen LogP contribution in [0.1, 0.15) is 44.5 Å². The Morgan fingerprint density at radius 1 is 0.293 bits per heavy atom. The standard InChI is InChI=1S/C72H45NOS/c1-2-19-46(20-3-1)47-37-39-48(40-38-47)52-23-8-14-32-64(52)73(51-41-42-54-53-24-6-9-26-56(53)71(62(54)45-51)58-28-11-15-34-66(58)74-67-35-16-12-29-59(67)71)65-33-18-31-61-70(65)55-25-7-10-27-57(55)72(61)60-30-13-17-36-68(60)75-69-44-50-22-5-4-21-49(50)43-63(69)72/h1-45H. The number of benzene rings is 12. The molecule has 0 bridgehead atoms. The molecule has 1 unspecified atom stereocenters. The Balaban J connectivity index is 0.998. The van der Waals surface area contributed by atoms with Gasteiger partial charge in [-0.15, -0.1) is 0 Å². The van der Waals surface area contributed by atoms with E-state index in [0.717, 1.165) is 50.8 Å². The van der Waals surface area contributed by atoms with Gasteiger partial charge >= 0.3 is 0 Å². The number of fused-ring (bicyclic) bond motifs is 19. The lowest BCUT2D eigenvalue weighted by atomic mass is 9.66. The van der Waals surface area contributed by atoms with Gasteiger partial charge in [-0.05, 0) is 132 Å². The largest absolute Gasteiger partial charge is 0.457 e. The SMILES string of the molecule is c1ccc(-c2ccc(-c3ccccc3N(c3ccc4c(c3)C3(c5ccccc5Oc5ccccc53)c3ccccc3-4)c3cccc4c3-c3ccccc3C43c4ccccc4Sc4cc5ccccc5cc43)cc2)cc1. The summed E-state index contributed by atoms with van der Waals surface area (Å²) in [4.78, 5) is 5.16. The van der Waals surface area contributed by atoms with E-state index in [-0.39, 0.29) is 0 Å². The first-order valence-electron chi connectivity index (χ1n) is 25.9. The van der Waals surface area contributed by atoms with Gasteiger partial charge in [-0.25, -0.2) is 0 Å². The average molecular weight is 972 g/mol. The summed E-state index contributed by atoms with van der Waals surface area (Å²) < 4.78 is 6.81. The Morgan fingerprint density at radius 2 is 0.813 bits per heavy atom. The fourth-order valence-corrected chi connectivity index (χ4v) is 14.8. The molecule has 0 fully saturated rings. The van der Waals surface area contributed by atoms with E-state index in [1.54, 1.807) is 0 Å². The summed E-state index contributed by atoms with van der Waals surface area (Å²) in [6, 6.07) is 102. The number of anilines is 3. The van der Waals surface area contributed by atoms with Gasteiger partial charge in [-0.2, -0.15) is 0 Å². The van der Waals surface area contributed by atoms with Crippen LogP contribution >= 0.6 is 11.8 Å². The van der Waals surface area contributed by atoms with Gasteiger partial charge in [0.05, 0.1) is 22.2 Å². The second kappa shape index (κ2) is 16.2. The minimum atomic E-state index is -0.642. The van der Waals surface area contributed by atoms with Crippen LogP contribution in [0.25, 0.3) is 55.3 Å². The zero-order chi connectivity index (χ0) is 49.2. The third-order valence-electron chi connectivity index (χ3n) is 16.6. The first kappa shape index (κ1) is 42.4. The van der Waals surface area contributed by atoms with Gasteiger partial charge in [-0.3, -0.25) is 0 Å². The zero-order valence-corrected chi connectivity index (χ0v) is 41.6. The second-order valence-electron chi connectivity index (χ2n) is 20.2. The summed E-state index contributed by atoms with van der Waals surface area (Å²) in [5, 5.41) is 2.50. The molecule has 0 aromatic heterocycles. The fourth-order valence-electron chi connectivity index (χ4n) is 13.6. The number of ether oxygens (including phenoxy) is 1. The molecule has 3 heteroatoms. The van der Waals surface area contributed by atoms with Crippen LogP contribution in [-0.2, 0) is 10.8 Å². The first-order valence-corrected chi connectivity index (χ1v) is 26.7. The normalized spacial score (nSPS) is 15.4. The predicted molar refractivity (Wildman–Crippen MR) is 308 cm³/mol. The third-order valence-corrected chi connectivity index (χ3v) is 17.7. The maximum absolute atomic E-state index is 6.81. The zero-order valence-electron chi connectivity index (χ0n) is 40.7. The summed E-state index contributed by atoms with van der Waals surface area (Å²) in [5.41, 5.74) is 21.8. The lowest BCUT2D eigenvalue weighted by Crippen LogP contribution is -2.32. The van der Waals surface area contributed by atoms with Crippen molar-refractivity contribution in [3.63, 3.8) is 0 Å². The van der Waals surface area contributed by atoms with Crippen LogP contribution in [-0.4, -0.2) is 0 Å². The fraction of sp³-hybridized carbons (Fsp3) is 0.0278. The average Bonchev–Trinajstić information content (AvgIpc) is 4.15. The highest BCUT2D eigenvalue weighted by Gasteiger charge is 2.53. The smallest absolute Gasteiger partial charge is 0.132 e. The molecule has 2 nitrogen and oxygen atoms in total. The van der Waals surface area contributed by atoms with Crippen LogP contribution < -0.4 is 9.64 Å². The van der Waals surface area contributed by atoms with Crippen molar-refractivity contribution in [1.29, 1.82) is 0 Å². The van der Waals surface area contributed by atoms with Crippen LogP contribution in [0.2, 0.25) is 0 Å². The number of rotatable bonds is 5. The maximum atomic E-state index is 6.81. The molecular weight excluding hydrogens is 927 g/mol. The third kappa shape index (κ3) is 5.87. The predicted octanol–water partition coefficient (Wildman–Crippen LogP) is 18.9. The first-order chi connectivity index (χ1) is 37.2. The topological polar surface area (TPSA) is 12.5 Å². The molecule has 12 aromatic carbocycles. The molecule has 0 N–H and O–H groups in total. The lowest BCUT2D eigenvalue weighted by molar-refractivity contribution is 0.436. The van der Waals surface area contributed by atoms with Gasteiger partial charge in [0.15, 0.2) is 0 Å². The van der Waals surface area contributed by atoms with Gasteiger partial charge < -0.3 is 9.64 Å². The highest BCUT2D eigenvalue weighted by Crippen LogP contribution is 2.66. The molecule has 12 aromatic rings. The molecule has 0 saturated heterocycles. The second-order valence-corrected chi connectivity index (χ2v) is 21.3. The van der Waals surface area contributed by atoms with E-state index in [1.165, 1.54) is 87.3 Å². The molecule has 2 aliphatic carbocycles. The molecule has 75 heavy (non-hydrogen) atoms. The van der Waals surface area contributed by atoms with Crippen molar-refractivity contribution in [2.45, 2.75) is 20.6 Å². The number of hydrogen-bond donors (Lipinski definition) is 0. The van der Waals surface area contributed by atoms with Crippen molar-refractivity contribution in [3.8, 4) is 56.0 Å². The maximum Gasteiger partial charge on any atom is 0.132 e. The molecule has 4 aliphatic rings. The summed E-state index contributed by atoms with van der Waals surface area (Å²) in [6.45, 7) is 0. The summed E-state index contributed by atoms with van der Waals surface area (Å²) >= 11 is 1.90. The number of hydrogen-bond acceptors (Lipinski definition) is 3. The summed E-state index contributed by atoms with van der Waals surface area (Å²) in [7, 11) is 0. The van der Waals surface area contributed by atoms with E-state index >= 15 is 0 Å². The molecular formula is C72H45NOS. The molecule has 2 aliphatic heterocycles.